The third kappa shape index (κ3) is 2.84. The molecule has 1 aliphatic heterocycles. The van der Waals surface area contributed by atoms with E-state index in [0.717, 1.165) is 5.56 Å². The van der Waals surface area contributed by atoms with E-state index in [-0.39, 0.29) is 18.6 Å². The summed E-state index contributed by atoms with van der Waals surface area (Å²) in [6.07, 6.45) is 0. The molecule has 0 saturated carbocycles. The molecule has 0 bridgehead atoms. The van der Waals surface area contributed by atoms with Gasteiger partial charge >= 0.3 is 0 Å². The van der Waals surface area contributed by atoms with E-state index in [2.05, 4.69) is 6.07 Å². The van der Waals surface area contributed by atoms with Gasteiger partial charge in [0, 0.05) is 13.1 Å². The lowest BCUT2D eigenvalue weighted by atomic mass is 10.1. The second-order valence-corrected chi connectivity index (χ2v) is 4.42. The highest BCUT2D eigenvalue weighted by atomic mass is 16.5. The van der Waals surface area contributed by atoms with Crippen molar-refractivity contribution in [3.05, 3.63) is 35.4 Å². The lowest BCUT2D eigenvalue weighted by Gasteiger charge is -2.34. The average molecular weight is 234 g/mol. The first-order chi connectivity index (χ1) is 8.20. The summed E-state index contributed by atoms with van der Waals surface area (Å²) in [6.45, 7) is 3.81. The zero-order valence-electron chi connectivity index (χ0n) is 10.1. The minimum atomic E-state index is -0.00300. The Hall–Kier alpha value is -1.39. The first-order valence-corrected chi connectivity index (χ1v) is 5.83. The summed E-state index contributed by atoms with van der Waals surface area (Å²) in [5, 5.41) is 0. The summed E-state index contributed by atoms with van der Waals surface area (Å²) in [5.41, 5.74) is 8.00. The molecule has 0 aliphatic carbocycles. The maximum Gasteiger partial charge on any atom is 0.249 e. The van der Waals surface area contributed by atoms with Gasteiger partial charge in [-0.1, -0.05) is 29.8 Å². The van der Waals surface area contributed by atoms with Crippen LogP contribution in [0.2, 0.25) is 0 Å². The van der Waals surface area contributed by atoms with Gasteiger partial charge in [0.2, 0.25) is 5.91 Å². The normalized spacial score (nSPS) is 20.7. The number of rotatable bonds is 3. The highest BCUT2D eigenvalue weighted by Gasteiger charge is 2.27. The predicted molar refractivity (Wildman–Crippen MR) is 65.4 cm³/mol. The van der Waals surface area contributed by atoms with Crippen LogP contribution in [0.3, 0.4) is 0 Å². The number of carbonyl (C=O) groups is 1. The first-order valence-electron chi connectivity index (χ1n) is 5.83. The fourth-order valence-electron chi connectivity index (χ4n) is 2.08. The zero-order valence-corrected chi connectivity index (χ0v) is 10.1. The van der Waals surface area contributed by atoms with Gasteiger partial charge in [-0.3, -0.25) is 4.79 Å². The molecule has 0 aromatic heterocycles. The molecule has 17 heavy (non-hydrogen) atoms. The largest absolute Gasteiger partial charge is 0.369 e. The molecular formula is C13H18N2O2. The maximum atomic E-state index is 11.8. The Kier molecular flexibility index (Phi) is 3.76. The monoisotopic (exact) mass is 234 g/mol. The van der Waals surface area contributed by atoms with Gasteiger partial charge in [0.1, 0.15) is 6.61 Å². The Bertz CT molecular complexity index is 406. The van der Waals surface area contributed by atoms with Crippen molar-refractivity contribution in [2.45, 2.75) is 19.5 Å². The number of nitrogens with zero attached hydrogens (tertiary/aromatic N) is 1. The molecule has 1 aromatic carbocycles. The standard InChI is InChI=1S/C13H18N2O2/c1-10-3-2-4-11(5-10)7-15-12(6-14)8-17-9-13(15)16/h2-5,12H,6-9,14H2,1H3. The number of hydrogen-bond donors (Lipinski definition) is 1. The summed E-state index contributed by atoms with van der Waals surface area (Å²) in [6, 6.07) is 8.18. The molecule has 4 nitrogen and oxygen atoms in total. The fourth-order valence-corrected chi connectivity index (χ4v) is 2.08. The Morgan fingerprint density at radius 1 is 1.53 bits per heavy atom. The van der Waals surface area contributed by atoms with Gasteiger partial charge in [-0.25, -0.2) is 0 Å². The lowest BCUT2D eigenvalue weighted by molar-refractivity contribution is -0.148. The van der Waals surface area contributed by atoms with E-state index in [1.54, 1.807) is 0 Å². The van der Waals surface area contributed by atoms with Crippen LogP contribution >= 0.6 is 0 Å². The molecule has 2 rings (SSSR count). The Balaban J connectivity index is 2.12. The third-order valence-corrected chi connectivity index (χ3v) is 3.00. The quantitative estimate of drug-likeness (QED) is 0.836. The molecule has 1 aromatic rings. The van der Waals surface area contributed by atoms with Gasteiger partial charge in [-0.2, -0.15) is 0 Å². The van der Waals surface area contributed by atoms with Gasteiger partial charge in [-0.15, -0.1) is 0 Å². The van der Waals surface area contributed by atoms with Crippen LogP contribution in [0.15, 0.2) is 24.3 Å². The third-order valence-electron chi connectivity index (χ3n) is 3.00. The number of benzene rings is 1. The van der Waals surface area contributed by atoms with Crippen molar-refractivity contribution in [3.8, 4) is 0 Å². The average Bonchev–Trinajstić information content (AvgIpc) is 2.32. The van der Waals surface area contributed by atoms with Crippen LogP contribution < -0.4 is 5.73 Å². The number of carbonyl (C=O) groups excluding carboxylic acids is 1. The van der Waals surface area contributed by atoms with Crippen molar-refractivity contribution in [1.29, 1.82) is 0 Å². The molecule has 0 spiro atoms. The Morgan fingerprint density at radius 3 is 3.06 bits per heavy atom. The lowest BCUT2D eigenvalue weighted by Crippen LogP contribution is -2.52. The molecule has 1 amide bonds. The molecule has 2 N–H and O–H groups in total. The Labute approximate surface area is 101 Å². The van der Waals surface area contributed by atoms with E-state index in [0.29, 0.717) is 19.7 Å². The van der Waals surface area contributed by atoms with Gasteiger partial charge < -0.3 is 15.4 Å². The predicted octanol–water partition coefficient (Wildman–Crippen LogP) is 0.681. The van der Waals surface area contributed by atoms with Crippen LogP contribution in [-0.2, 0) is 16.1 Å². The summed E-state index contributed by atoms with van der Waals surface area (Å²) >= 11 is 0. The van der Waals surface area contributed by atoms with E-state index in [1.165, 1.54) is 5.56 Å². The molecule has 92 valence electrons. The van der Waals surface area contributed by atoms with E-state index in [4.69, 9.17) is 10.5 Å². The van der Waals surface area contributed by atoms with E-state index < -0.39 is 0 Å². The smallest absolute Gasteiger partial charge is 0.249 e. The number of amides is 1. The molecular weight excluding hydrogens is 216 g/mol. The SMILES string of the molecule is Cc1cccc(CN2C(=O)COCC2CN)c1. The molecule has 0 radical (unpaired) electrons. The highest BCUT2D eigenvalue weighted by Crippen LogP contribution is 2.13. The van der Waals surface area contributed by atoms with E-state index >= 15 is 0 Å². The van der Waals surface area contributed by atoms with Crippen molar-refractivity contribution in [2.24, 2.45) is 5.73 Å². The second-order valence-electron chi connectivity index (χ2n) is 4.42. The van der Waals surface area contributed by atoms with Crippen LogP contribution in [0.1, 0.15) is 11.1 Å². The molecule has 1 heterocycles. The fraction of sp³-hybridized carbons (Fsp3) is 0.462. The van der Waals surface area contributed by atoms with Crippen molar-refractivity contribution in [3.63, 3.8) is 0 Å². The second kappa shape index (κ2) is 5.29. The van der Waals surface area contributed by atoms with Crippen molar-refractivity contribution in [1.82, 2.24) is 4.90 Å². The summed E-state index contributed by atoms with van der Waals surface area (Å²) in [4.78, 5) is 13.6. The summed E-state index contributed by atoms with van der Waals surface area (Å²) in [5.74, 6) is 0.0215. The van der Waals surface area contributed by atoms with Crippen LogP contribution in [0.5, 0.6) is 0 Å². The van der Waals surface area contributed by atoms with Gasteiger partial charge in [0.25, 0.3) is 0 Å². The molecule has 1 saturated heterocycles. The number of hydrogen-bond acceptors (Lipinski definition) is 3. The minimum Gasteiger partial charge on any atom is -0.369 e. The van der Waals surface area contributed by atoms with Crippen molar-refractivity contribution < 1.29 is 9.53 Å². The molecule has 1 unspecified atom stereocenters. The number of aryl methyl sites for hydroxylation is 1. The van der Waals surface area contributed by atoms with Crippen LogP contribution in [0.25, 0.3) is 0 Å². The van der Waals surface area contributed by atoms with Gasteiger partial charge in [0.15, 0.2) is 0 Å². The summed E-state index contributed by atoms with van der Waals surface area (Å²) in [7, 11) is 0. The van der Waals surface area contributed by atoms with Gasteiger partial charge in [-0.05, 0) is 12.5 Å². The first kappa shape index (κ1) is 12.1. The molecule has 1 atom stereocenters. The number of ether oxygens (including phenoxy) is 1. The molecule has 1 fully saturated rings. The summed E-state index contributed by atoms with van der Waals surface area (Å²) < 4.78 is 5.21. The van der Waals surface area contributed by atoms with Crippen LogP contribution in [0, 0.1) is 6.92 Å². The van der Waals surface area contributed by atoms with E-state index in [1.807, 2.05) is 30.0 Å². The van der Waals surface area contributed by atoms with Crippen molar-refractivity contribution >= 4 is 5.91 Å². The molecule has 1 aliphatic rings. The van der Waals surface area contributed by atoms with Crippen LogP contribution in [-0.4, -0.2) is 36.6 Å². The van der Waals surface area contributed by atoms with Gasteiger partial charge in [0.05, 0.1) is 12.6 Å². The van der Waals surface area contributed by atoms with Crippen LogP contribution in [0.4, 0.5) is 0 Å². The highest BCUT2D eigenvalue weighted by molar-refractivity contribution is 5.78. The maximum absolute atomic E-state index is 11.8. The molecule has 4 heteroatoms. The minimum absolute atomic E-state index is 0.00300. The van der Waals surface area contributed by atoms with E-state index in [9.17, 15) is 4.79 Å². The topological polar surface area (TPSA) is 55.6 Å². The number of nitrogens with two attached hydrogens (primary N) is 1. The number of morpholine rings is 1. The zero-order chi connectivity index (χ0) is 12.3. The Morgan fingerprint density at radius 2 is 2.35 bits per heavy atom. The van der Waals surface area contributed by atoms with Crippen molar-refractivity contribution in [2.75, 3.05) is 19.8 Å².